The van der Waals surface area contributed by atoms with Gasteiger partial charge in [0.15, 0.2) is 11.5 Å². The first-order valence-electron chi connectivity index (χ1n) is 7.75. The molecule has 136 valence electrons. The van der Waals surface area contributed by atoms with E-state index in [2.05, 4.69) is 14.9 Å². The number of hydrogen-bond donors (Lipinski definition) is 2. The van der Waals surface area contributed by atoms with Gasteiger partial charge >= 0.3 is 0 Å². The molecule has 1 saturated heterocycles. The van der Waals surface area contributed by atoms with E-state index in [1.165, 1.54) is 11.0 Å². The summed E-state index contributed by atoms with van der Waals surface area (Å²) in [4.78, 5) is 14.0. The molecule has 8 nitrogen and oxygen atoms in total. The van der Waals surface area contributed by atoms with E-state index in [1.54, 1.807) is 19.1 Å². The standard InChI is InChI=1S/C15H19FN4O4S/c1-9-3-4-14(24-9)12-6-13(19-18-12)15(21)20-8-10(16)5-11(20)7-17-25(2,22)23/h3-4,6,10-11,17H,5,7-8H2,1-2H3,(H,18,19)/t10-,11-/m0/s1. The van der Waals surface area contributed by atoms with Crippen molar-refractivity contribution in [2.75, 3.05) is 19.3 Å². The number of nitrogens with zero attached hydrogens (tertiary/aromatic N) is 2. The summed E-state index contributed by atoms with van der Waals surface area (Å²) in [5.74, 6) is 0.819. The Morgan fingerprint density at radius 2 is 2.28 bits per heavy atom. The van der Waals surface area contributed by atoms with E-state index in [0.29, 0.717) is 11.5 Å². The maximum Gasteiger partial charge on any atom is 0.274 e. The van der Waals surface area contributed by atoms with Crippen molar-refractivity contribution >= 4 is 15.9 Å². The number of aromatic nitrogens is 2. The zero-order valence-corrected chi connectivity index (χ0v) is 14.6. The number of nitrogens with one attached hydrogen (secondary N) is 2. The molecule has 1 aliphatic rings. The maximum atomic E-state index is 13.8. The molecule has 25 heavy (non-hydrogen) atoms. The Morgan fingerprint density at radius 3 is 2.92 bits per heavy atom. The van der Waals surface area contributed by atoms with Gasteiger partial charge in [0, 0.05) is 25.1 Å². The van der Waals surface area contributed by atoms with Gasteiger partial charge in [-0.3, -0.25) is 9.89 Å². The van der Waals surface area contributed by atoms with Crippen molar-refractivity contribution in [3.05, 3.63) is 29.7 Å². The van der Waals surface area contributed by atoms with Crippen molar-refractivity contribution < 1.29 is 22.0 Å². The average Bonchev–Trinajstić information content (AvgIpc) is 3.22. The fraction of sp³-hybridized carbons (Fsp3) is 0.467. The number of likely N-dealkylation sites (tertiary alicyclic amines) is 1. The van der Waals surface area contributed by atoms with E-state index in [4.69, 9.17) is 4.42 Å². The Labute approximate surface area is 144 Å². The van der Waals surface area contributed by atoms with Crippen molar-refractivity contribution in [1.29, 1.82) is 0 Å². The van der Waals surface area contributed by atoms with Crippen molar-refractivity contribution in [3.63, 3.8) is 0 Å². The first-order chi connectivity index (χ1) is 11.7. The van der Waals surface area contributed by atoms with Crippen LogP contribution in [0.3, 0.4) is 0 Å². The van der Waals surface area contributed by atoms with Crippen LogP contribution in [0.4, 0.5) is 4.39 Å². The van der Waals surface area contributed by atoms with Crippen LogP contribution in [0.15, 0.2) is 22.6 Å². The quantitative estimate of drug-likeness (QED) is 0.819. The number of carbonyl (C=O) groups is 1. The van der Waals surface area contributed by atoms with Crippen LogP contribution in [0.5, 0.6) is 0 Å². The molecule has 2 aromatic heterocycles. The van der Waals surface area contributed by atoms with E-state index in [9.17, 15) is 17.6 Å². The molecule has 0 aromatic carbocycles. The van der Waals surface area contributed by atoms with Crippen LogP contribution >= 0.6 is 0 Å². The summed E-state index contributed by atoms with van der Waals surface area (Å²) in [6.45, 7) is 1.69. The number of carbonyl (C=O) groups excluding carboxylic acids is 1. The zero-order valence-electron chi connectivity index (χ0n) is 13.8. The molecule has 1 amide bonds. The Kier molecular flexibility index (Phi) is 4.65. The predicted molar refractivity (Wildman–Crippen MR) is 88.2 cm³/mol. The second kappa shape index (κ2) is 6.60. The minimum Gasteiger partial charge on any atom is -0.460 e. The first kappa shape index (κ1) is 17.6. The zero-order chi connectivity index (χ0) is 18.2. The number of rotatable bonds is 5. The lowest BCUT2D eigenvalue weighted by molar-refractivity contribution is 0.0725. The van der Waals surface area contributed by atoms with Gasteiger partial charge in [-0.25, -0.2) is 17.5 Å². The third kappa shape index (κ3) is 4.07. The molecule has 0 bridgehead atoms. The molecular formula is C15H19FN4O4S. The molecule has 2 atom stereocenters. The fourth-order valence-corrected chi connectivity index (χ4v) is 3.33. The van der Waals surface area contributed by atoms with E-state index in [0.717, 1.165) is 12.0 Å². The third-order valence-electron chi connectivity index (χ3n) is 4.01. The normalized spacial score (nSPS) is 21.0. The van der Waals surface area contributed by atoms with Crippen LogP contribution in [-0.4, -0.2) is 61.0 Å². The van der Waals surface area contributed by atoms with Gasteiger partial charge < -0.3 is 9.32 Å². The van der Waals surface area contributed by atoms with Crippen LogP contribution < -0.4 is 4.72 Å². The molecule has 2 N–H and O–H groups in total. The smallest absolute Gasteiger partial charge is 0.274 e. The van der Waals surface area contributed by atoms with Crippen molar-refractivity contribution in [2.45, 2.75) is 25.6 Å². The Balaban J connectivity index is 1.75. The summed E-state index contributed by atoms with van der Waals surface area (Å²) >= 11 is 0. The van der Waals surface area contributed by atoms with Gasteiger partial charge in [-0.2, -0.15) is 5.10 Å². The highest BCUT2D eigenvalue weighted by Crippen LogP contribution is 2.24. The number of amides is 1. The minimum absolute atomic E-state index is 0.0281. The highest BCUT2D eigenvalue weighted by atomic mass is 32.2. The second-order valence-corrected chi connectivity index (χ2v) is 7.98. The maximum absolute atomic E-state index is 13.8. The molecule has 0 unspecified atom stereocenters. The average molecular weight is 370 g/mol. The molecule has 3 heterocycles. The van der Waals surface area contributed by atoms with Crippen LogP contribution in [-0.2, 0) is 10.0 Å². The largest absolute Gasteiger partial charge is 0.460 e. The van der Waals surface area contributed by atoms with Crippen molar-refractivity contribution in [2.24, 2.45) is 0 Å². The molecule has 1 fully saturated rings. The van der Waals surface area contributed by atoms with Crippen LogP contribution in [0.25, 0.3) is 11.5 Å². The number of H-pyrrole nitrogens is 1. The highest BCUT2D eigenvalue weighted by molar-refractivity contribution is 7.88. The van der Waals surface area contributed by atoms with E-state index in [1.807, 2.05) is 0 Å². The Hall–Kier alpha value is -2.20. The number of furan rings is 1. The summed E-state index contributed by atoms with van der Waals surface area (Å²) in [5, 5.41) is 6.70. The molecule has 2 aromatic rings. The summed E-state index contributed by atoms with van der Waals surface area (Å²) in [5.41, 5.74) is 0.667. The Bertz CT molecular complexity index is 876. The molecule has 0 spiro atoms. The van der Waals surface area contributed by atoms with Crippen LogP contribution in [0.1, 0.15) is 22.7 Å². The second-order valence-electron chi connectivity index (χ2n) is 6.14. The predicted octanol–water partition coefficient (Wildman–Crippen LogP) is 1.08. The van der Waals surface area contributed by atoms with Gasteiger partial charge in [-0.15, -0.1) is 0 Å². The van der Waals surface area contributed by atoms with Crippen LogP contribution in [0.2, 0.25) is 0 Å². The minimum atomic E-state index is -3.42. The highest BCUT2D eigenvalue weighted by Gasteiger charge is 2.37. The van der Waals surface area contributed by atoms with E-state index in [-0.39, 0.29) is 25.2 Å². The number of halogens is 1. The Morgan fingerprint density at radius 1 is 1.52 bits per heavy atom. The van der Waals surface area contributed by atoms with Gasteiger partial charge in [0.2, 0.25) is 10.0 Å². The number of alkyl halides is 1. The van der Waals surface area contributed by atoms with Gasteiger partial charge in [-0.1, -0.05) is 0 Å². The summed E-state index contributed by atoms with van der Waals surface area (Å²) in [7, 11) is -3.42. The summed E-state index contributed by atoms with van der Waals surface area (Å²) < 4.78 is 44.1. The molecule has 10 heteroatoms. The van der Waals surface area contributed by atoms with E-state index < -0.39 is 28.1 Å². The topological polar surface area (TPSA) is 108 Å². The summed E-state index contributed by atoms with van der Waals surface area (Å²) in [6, 6.07) is 4.53. The number of aromatic amines is 1. The lowest BCUT2D eigenvalue weighted by Crippen LogP contribution is -2.43. The lowest BCUT2D eigenvalue weighted by Gasteiger charge is -2.23. The summed E-state index contributed by atoms with van der Waals surface area (Å²) in [6.07, 6.45) is -0.0867. The number of sulfonamides is 1. The van der Waals surface area contributed by atoms with E-state index >= 15 is 0 Å². The molecule has 1 aliphatic heterocycles. The van der Waals surface area contributed by atoms with Crippen molar-refractivity contribution in [3.8, 4) is 11.5 Å². The fourth-order valence-electron chi connectivity index (χ4n) is 2.83. The molecule has 3 rings (SSSR count). The number of hydrogen-bond acceptors (Lipinski definition) is 5. The first-order valence-corrected chi connectivity index (χ1v) is 9.64. The molecule has 0 radical (unpaired) electrons. The lowest BCUT2D eigenvalue weighted by atomic mass is 10.2. The van der Waals surface area contributed by atoms with Gasteiger partial charge in [0.1, 0.15) is 17.6 Å². The molecule has 0 aliphatic carbocycles. The SMILES string of the molecule is Cc1ccc(-c2cc(C(=O)N3C[C@@H](F)C[C@H]3CNS(C)(=O)=O)n[nH]2)o1. The monoisotopic (exact) mass is 370 g/mol. The van der Waals surface area contributed by atoms with Crippen LogP contribution in [0, 0.1) is 6.92 Å². The molecule has 0 saturated carbocycles. The van der Waals surface area contributed by atoms with Gasteiger partial charge in [0.25, 0.3) is 5.91 Å². The van der Waals surface area contributed by atoms with Gasteiger partial charge in [0.05, 0.1) is 12.8 Å². The third-order valence-corrected chi connectivity index (χ3v) is 4.70. The molecular weight excluding hydrogens is 351 g/mol. The van der Waals surface area contributed by atoms with Gasteiger partial charge in [-0.05, 0) is 19.1 Å². The number of aryl methyl sites for hydroxylation is 1. The van der Waals surface area contributed by atoms with Crippen molar-refractivity contribution in [1.82, 2.24) is 19.8 Å².